The van der Waals surface area contributed by atoms with Crippen molar-refractivity contribution in [1.29, 1.82) is 0 Å². The van der Waals surface area contributed by atoms with Crippen LogP contribution in [0.3, 0.4) is 0 Å². The lowest BCUT2D eigenvalue weighted by atomic mass is 9.97. The minimum Gasteiger partial charge on any atom is -0.352 e. The van der Waals surface area contributed by atoms with Crippen LogP contribution in [0.5, 0.6) is 0 Å². The van der Waals surface area contributed by atoms with Gasteiger partial charge in [0.05, 0.1) is 5.56 Å². The summed E-state index contributed by atoms with van der Waals surface area (Å²) in [5.41, 5.74) is -0.396. The van der Waals surface area contributed by atoms with Crippen molar-refractivity contribution < 1.29 is 26.4 Å². The van der Waals surface area contributed by atoms with E-state index >= 15 is 0 Å². The van der Waals surface area contributed by atoms with E-state index < -0.39 is 21.8 Å². The molecule has 0 spiro atoms. The van der Waals surface area contributed by atoms with Crippen LogP contribution in [0.25, 0.3) is 0 Å². The van der Waals surface area contributed by atoms with Crippen LogP contribution in [0.1, 0.15) is 24.0 Å². The van der Waals surface area contributed by atoms with Crippen LogP contribution < -0.4 is 5.32 Å². The van der Waals surface area contributed by atoms with E-state index in [4.69, 9.17) is 0 Å². The lowest BCUT2D eigenvalue weighted by Crippen LogP contribution is -2.42. The van der Waals surface area contributed by atoms with Gasteiger partial charge in [-0.2, -0.15) is 17.5 Å². The van der Waals surface area contributed by atoms with Crippen molar-refractivity contribution in [3.63, 3.8) is 0 Å². The Labute approximate surface area is 165 Å². The van der Waals surface area contributed by atoms with E-state index in [1.165, 1.54) is 16.4 Å². The largest absolute Gasteiger partial charge is 0.416 e. The molecule has 2 heterocycles. The van der Waals surface area contributed by atoms with E-state index in [0.717, 1.165) is 23.5 Å². The number of carbonyl (C=O) groups is 1. The zero-order valence-corrected chi connectivity index (χ0v) is 16.4. The number of benzene rings is 1. The summed E-state index contributed by atoms with van der Waals surface area (Å²) in [6, 6.07) is 8.04. The highest BCUT2D eigenvalue weighted by molar-refractivity contribution is 7.91. The minimum atomic E-state index is -4.43. The molecule has 152 valence electrons. The van der Waals surface area contributed by atoms with Crippen molar-refractivity contribution in [1.82, 2.24) is 9.62 Å². The van der Waals surface area contributed by atoms with Crippen LogP contribution in [-0.4, -0.2) is 31.7 Å². The molecule has 0 saturated carbocycles. The molecule has 1 N–H and O–H groups in total. The molecule has 1 aromatic heterocycles. The Hall–Kier alpha value is -1.91. The first kappa shape index (κ1) is 20.8. The SMILES string of the molecule is O=C(NCc1cccc(C(F)(F)F)c1)C1CCN(S(=O)(=O)c2cccs2)CC1. The number of rotatable bonds is 5. The van der Waals surface area contributed by atoms with Crippen molar-refractivity contribution in [3.05, 3.63) is 52.9 Å². The molecular formula is C18H19F3N2O3S2. The third-order valence-electron chi connectivity index (χ3n) is 4.63. The van der Waals surface area contributed by atoms with Gasteiger partial charge in [-0.15, -0.1) is 11.3 Å². The number of hydrogen-bond acceptors (Lipinski definition) is 4. The summed E-state index contributed by atoms with van der Waals surface area (Å²) in [6.07, 6.45) is -3.68. The van der Waals surface area contributed by atoms with Crippen molar-refractivity contribution in [3.8, 4) is 0 Å². The van der Waals surface area contributed by atoms with E-state index in [9.17, 15) is 26.4 Å². The second-order valence-electron chi connectivity index (χ2n) is 6.53. The predicted octanol–water partition coefficient (Wildman–Crippen LogP) is 3.48. The molecule has 0 radical (unpaired) electrons. The number of amides is 1. The van der Waals surface area contributed by atoms with Gasteiger partial charge in [0, 0.05) is 25.6 Å². The number of carbonyl (C=O) groups excluding carboxylic acids is 1. The molecule has 10 heteroatoms. The Morgan fingerprint density at radius 1 is 1.18 bits per heavy atom. The average Bonchev–Trinajstić information content (AvgIpc) is 3.21. The summed E-state index contributed by atoms with van der Waals surface area (Å²) in [7, 11) is -3.53. The maximum Gasteiger partial charge on any atom is 0.416 e. The summed E-state index contributed by atoms with van der Waals surface area (Å²) in [6.45, 7) is 0.472. The number of hydrogen-bond donors (Lipinski definition) is 1. The fraction of sp³-hybridized carbons (Fsp3) is 0.389. The Bertz CT molecular complexity index is 920. The van der Waals surface area contributed by atoms with Crippen molar-refractivity contribution in [2.24, 2.45) is 5.92 Å². The van der Waals surface area contributed by atoms with Crippen LogP contribution in [0.15, 0.2) is 46.0 Å². The fourth-order valence-corrected chi connectivity index (χ4v) is 5.70. The molecule has 1 aliphatic heterocycles. The maximum atomic E-state index is 12.8. The molecule has 1 aliphatic rings. The third-order valence-corrected chi connectivity index (χ3v) is 7.91. The topological polar surface area (TPSA) is 66.5 Å². The van der Waals surface area contributed by atoms with Gasteiger partial charge in [0.15, 0.2) is 0 Å². The molecule has 2 aromatic rings. The van der Waals surface area contributed by atoms with Gasteiger partial charge >= 0.3 is 6.18 Å². The van der Waals surface area contributed by atoms with E-state index in [-0.39, 0.29) is 35.7 Å². The van der Waals surface area contributed by atoms with Crippen LogP contribution in [0, 0.1) is 5.92 Å². The van der Waals surface area contributed by atoms with Gasteiger partial charge in [-0.1, -0.05) is 18.2 Å². The minimum absolute atomic E-state index is 0.00351. The third kappa shape index (κ3) is 4.73. The fourth-order valence-electron chi connectivity index (χ4n) is 3.09. The predicted molar refractivity (Wildman–Crippen MR) is 99.1 cm³/mol. The van der Waals surface area contributed by atoms with E-state index in [1.807, 2.05) is 0 Å². The molecule has 28 heavy (non-hydrogen) atoms. The molecule has 0 unspecified atom stereocenters. The van der Waals surface area contributed by atoms with Crippen molar-refractivity contribution >= 4 is 27.3 Å². The molecule has 3 rings (SSSR count). The first-order valence-corrected chi connectivity index (χ1v) is 11.0. The number of piperidine rings is 1. The molecule has 1 fully saturated rings. The van der Waals surface area contributed by atoms with Gasteiger partial charge in [-0.05, 0) is 42.0 Å². The highest BCUT2D eigenvalue weighted by Crippen LogP contribution is 2.30. The van der Waals surface area contributed by atoms with Gasteiger partial charge < -0.3 is 5.32 Å². The van der Waals surface area contributed by atoms with Crippen LogP contribution in [0.4, 0.5) is 13.2 Å². The summed E-state index contributed by atoms with van der Waals surface area (Å²) in [5, 5.41) is 4.35. The second-order valence-corrected chi connectivity index (χ2v) is 9.64. The summed E-state index contributed by atoms with van der Waals surface area (Å²) in [5.74, 6) is -0.633. The smallest absolute Gasteiger partial charge is 0.352 e. The summed E-state index contributed by atoms with van der Waals surface area (Å²) in [4.78, 5) is 12.3. The Morgan fingerprint density at radius 3 is 2.50 bits per heavy atom. The highest BCUT2D eigenvalue weighted by Gasteiger charge is 2.33. The van der Waals surface area contributed by atoms with Crippen molar-refractivity contribution in [2.45, 2.75) is 29.8 Å². The Balaban J connectivity index is 1.53. The zero-order valence-electron chi connectivity index (χ0n) is 14.8. The first-order valence-electron chi connectivity index (χ1n) is 8.65. The van der Waals surface area contributed by atoms with E-state index in [2.05, 4.69) is 5.32 Å². The molecule has 1 amide bonds. The maximum absolute atomic E-state index is 12.8. The Morgan fingerprint density at radius 2 is 1.89 bits per heavy atom. The van der Waals surface area contributed by atoms with Gasteiger partial charge in [0.2, 0.25) is 5.91 Å². The molecule has 0 atom stereocenters. The molecule has 0 bridgehead atoms. The first-order chi connectivity index (χ1) is 13.2. The second kappa shape index (κ2) is 8.22. The number of thiophene rings is 1. The number of nitrogens with zero attached hydrogens (tertiary/aromatic N) is 1. The zero-order chi connectivity index (χ0) is 20.4. The van der Waals surface area contributed by atoms with Crippen LogP contribution in [-0.2, 0) is 27.5 Å². The molecule has 1 saturated heterocycles. The molecule has 5 nitrogen and oxygen atoms in total. The standard InChI is InChI=1S/C18H19F3N2O3S2/c19-18(20,21)15-4-1-3-13(11-15)12-22-17(24)14-6-8-23(9-7-14)28(25,26)16-5-2-10-27-16/h1-5,10-11,14H,6-9,12H2,(H,22,24). The summed E-state index contributed by atoms with van der Waals surface area (Å²) < 4.78 is 64.9. The number of halogens is 3. The number of nitrogens with one attached hydrogen (secondary N) is 1. The van der Waals surface area contributed by atoms with Gasteiger partial charge in [-0.25, -0.2) is 8.42 Å². The van der Waals surface area contributed by atoms with E-state index in [1.54, 1.807) is 17.5 Å². The van der Waals surface area contributed by atoms with Crippen LogP contribution >= 0.6 is 11.3 Å². The normalized spacial score (nSPS) is 16.8. The van der Waals surface area contributed by atoms with Crippen molar-refractivity contribution in [2.75, 3.05) is 13.1 Å². The van der Waals surface area contributed by atoms with Gasteiger partial charge in [0.1, 0.15) is 4.21 Å². The lowest BCUT2D eigenvalue weighted by Gasteiger charge is -2.30. The Kier molecular flexibility index (Phi) is 6.11. The lowest BCUT2D eigenvalue weighted by molar-refractivity contribution is -0.137. The highest BCUT2D eigenvalue weighted by atomic mass is 32.2. The van der Waals surface area contributed by atoms with Gasteiger partial charge in [-0.3, -0.25) is 4.79 Å². The molecule has 0 aliphatic carbocycles. The van der Waals surface area contributed by atoms with E-state index in [0.29, 0.717) is 18.4 Å². The monoisotopic (exact) mass is 432 g/mol. The van der Waals surface area contributed by atoms with Crippen LogP contribution in [0.2, 0.25) is 0 Å². The molecular weight excluding hydrogens is 413 g/mol. The number of sulfonamides is 1. The molecule has 1 aromatic carbocycles. The average molecular weight is 432 g/mol. The van der Waals surface area contributed by atoms with Gasteiger partial charge in [0.25, 0.3) is 10.0 Å². The number of alkyl halides is 3. The quantitative estimate of drug-likeness (QED) is 0.787. The summed E-state index contributed by atoms with van der Waals surface area (Å²) >= 11 is 1.15.